The average molecular weight is 211 g/mol. The van der Waals surface area contributed by atoms with Crippen LogP contribution in [0.3, 0.4) is 0 Å². The SMILES string of the molecule is Fc1ccc(C2CCCNCC2)c(F)c1. The highest BCUT2D eigenvalue weighted by atomic mass is 19.1. The van der Waals surface area contributed by atoms with Gasteiger partial charge in [0.15, 0.2) is 0 Å². The zero-order valence-electron chi connectivity index (χ0n) is 8.60. The number of halogens is 2. The van der Waals surface area contributed by atoms with Crippen LogP contribution in [-0.2, 0) is 0 Å². The van der Waals surface area contributed by atoms with E-state index in [1.807, 2.05) is 0 Å². The molecule has 1 unspecified atom stereocenters. The number of hydrogen-bond acceptors (Lipinski definition) is 1. The van der Waals surface area contributed by atoms with Gasteiger partial charge in [0, 0.05) is 6.07 Å². The lowest BCUT2D eigenvalue weighted by molar-refractivity contribution is 0.531. The van der Waals surface area contributed by atoms with Gasteiger partial charge in [-0.15, -0.1) is 0 Å². The molecule has 0 radical (unpaired) electrons. The third-order valence-corrected chi connectivity index (χ3v) is 2.98. The first kappa shape index (κ1) is 10.6. The highest BCUT2D eigenvalue weighted by Gasteiger charge is 2.17. The molecule has 0 aliphatic carbocycles. The van der Waals surface area contributed by atoms with Gasteiger partial charge in [0.05, 0.1) is 0 Å². The molecule has 1 fully saturated rings. The molecule has 1 nitrogen and oxygen atoms in total. The largest absolute Gasteiger partial charge is 0.317 e. The topological polar surface area (TPSA) is 12.0 Å². The summed E-state index contributed by atoms with van der Waals surface area (Å²) in [6.45, 7) is 1.92. The van der Waals surface area contributed by atoms with Crippen LogP contribution in [0.15, 0.2) is 18.2 Å². The molecular formula is C12H15F2N. The Morgan fingerprint density at radius 3 is 2.80 bits per heavy atom. The molecule has 1 aromatic carbocycles. The van der Waals surface area contributed by atoms with Gasteiger partial charge in [-0.25, -0.2) is 8.78 Å². The molecule has 0 spiro atoms. The van der Waals surface area contributed by atoms with E-state index in [0.717, 1.165) is 38.4 Å². The second-order valence-electron chi connectivity index (χ2n) is 4.04. The molecule has 1 saturated heterocycles. The molecule has 1 aliphatic heterocycles. The molecule has 1 atom stereocenters. The maximum Gasteiger partial charge on any atom is 0.129 e. The molecule has 2 rings (SSSR count). The first-order chi connectivity index (χ1) is 7.27. The van der Waals surface area contributed by atoms with Crippen molar-refractivity contribution in [1.82, 2.24) is 5.32 Å². The van der Waals surface area contributed by atoms with Crippen LogP contribution in [0.25, 0.3) is 0 Å². The van der Waals surface area contributed by atoms with Crippen LogP contribution in [0.2, 0.25) is 0 Å². The van der Waals surface area contributed by atoms with Gasteiger partial charge < -0.3 is 5.32 Å². The van der Waals surface area contributed by atoms with E-state index >= 15 is 0 Å². The van der Waals surface area contributed by atoms with Crippen LogP contribution in [0.4, 0.5) is 8.78 Å². The Morgan fingerprint density at radius 2 is 2.00 bits per heavy atom. The van der Waals surface area contributed by atoms with E-state index in [2.05, 4.69) is 5.32 Å². The van der Waals surface area contributed by atoms with E-state index in [1.54, 1.807) is 6.07 Å². The quantitative estimate of drug-likeness (QED) is 0.753. The smallest absolute Gasteiger partial charge is 0.129 e. The summed E-state index contributed by atoms with van der Waals surface area (Å²) in [7, 11) is 0. The number of hydrogen-bond donors (Lipinski definition) is 1. The Morgan fingerprint density at radius 1 is 1.13 bits per heavy atom. The molecular weight excluding hydrogens is 196 g/mol. The van der Waals surface area contributed by atoms with Crippen molar-refractivity contribution in [3.63, 3.8) is 0 Å². The minimum Gasteiger partial charge on any atom is -0.317 e. The van der Waals surface area contributed by atoms with E-state index in [0.29, 0.717) is 5.56 Å². The van der Waals surface area contributed by atoms with Crippen molar-refractivity contribution in [2.75, 3.05) is 13.1 Å². The summed E-state index contributed by atoms with van der Waals surface area (Å²) in [5.41, 5.74) is 0.667. The lowest BCUT2D eigenvalue weighted by atomic mass is 9.92. The first-order valence-electron chi connectivity index (χ1n) is 5.43. The van der Waals surface area contributed by atoms with Gasteiger partial charge in [-0.1, -0.05) is 6.07 Å². The molecule has 0 amide bonds. The fraction of sp³-hybridized carbons (Fsp3) is 0.500. The zero-order chi connectivity index (χ0) is 10.7. The van der Waals surface area contributed by atoms with Crippen molar-refractivity contribution in [2.24, 2.45) is 0 Å². The van der Waals surface area contributed by atoms with Gasteiger partial charge in [-0.05, 0) is 49.9 Å². The maximum absolute atomic E-state index is 13.5. The third kappa shape index (κ3) is 2.53. The van der Waals surface area contributed by atoms with Crippen LogP contribution in [0.5, 0.6) is 0 Å². The van der Waals surface area contributed by atoms with Gasteiger partial charge in [0.25, 0.3) is 0 Å². The van der Waals surface area contributed by atoms with Crippen molar-refractivity contribution in [1.29, 1.82) is 0 Å². The molecule has 3 heteroatoms. The van der Waals surface area contributed by atoms with Gasteiger partial charge in [-0.3, -0.25) is 0 Å². The molecule has 1 aromatic rings. The number of rotatable bonds is 1. The molecule has 1 heterocycles. The van der Waals surface area contributed by atoms with E-state index in [-0.39, 0.29) is 5.92 Å². The standard InChI is InChI=1S/C12H15F2N/c13-10-3-4-11(12(14)8-10)9-2-1-6-15-7-5-9/h3-4,8-9,15H,1-2,5-7H2. The molecule has 0 saturated carbocycles. The van der Waals surface area contributed by atoms with Gasteiger partial charge >= 0.3 is 0 Å². The molecule has 1 N–H and O–H groups in total. The van der Waals surface area contributed by atoms with Crippen molar-refractivity contribution in [3.8, 4) is 0 Å². The summed E-state index contributed by atoms with van der Waals surface area (Å²) in [6.07, 6.45) is 2.97. The minimum absolute atomic E-state index is 0.237. The van der Waals surface area contributed by atoms with Crippen LogP contribution in [0, 0.1) is 11.6 Å². The fourth-order valence-corrected chi connectivity index (χ4v) is 2.16. The van der Waals surface area contributed by atoms with Gasteiger partial charge in [0.2, 0.25) is 0 Å². The summed E-state index contributed by atoms with van der Waals surface area (Å²) in [5, 5.41) is 3.28. The van der Waals surface area contributed by atoms with Crippen molar-refractivity contribution in [2.45, 2.75) is 25.2 Å². The van der Waals surface area contributed by atoms with E-state index in [9.17, 15) is 8.78 Å². The predicted molar refractivity (Wildman–Crippen MR) is 55.8 cm³/mol. The van der Waals surface area contributed by atoms with Crippen molar-refractivity contribution >= 4 is 0 Å². The highest BCUT2D eigenvalue weighted by Crippen LogP contribution is 2.28. The Hall–Kier alpha value is -0.960. The highest BCUT2D eigenvalue weighted by molar-refractivity contribution is 5.22. The molecule has 0 aromatic heterocycles. The van der Waals surface area contributed by atoms with E-state index < -0.39 is 11.6 Å². The second-order valence-corrected chi connectivity index (χ2v) is 4.04. The maximum atomic E-state index is 13.5. The van der Waals surface area contributed by atoms with Crippen LogP contribution in [-0.4, -0.2) is 13.1 Å². The summed E-state index contributed by atoms with van der Waals surface area (Å²) in [5.74, 6) is -0.662. The number of benzene rings is 1. The Labute approximate surface area is 88.5 Å². The number of nitrogens with one attached hydrogen (secondary N) is 1. The van der Waals surface area contributed by atoms with Gasteiger partial charge in [0.1, 0.15) is 11.6 Å². The normalized spacial score (nSPS) is 22.4. The Kier molecular flexibility index (Phi) is 3.31. The van der Waals surface area contributed by atoms with Crippen molar-refractivity contribution in [3.05, 3.63) is 35.4 Å². The monoisotopic (exact) mass is 211 g/mol. The molecule has 1 aliphatic rings. The van der Waals surface area contributed by atoms with Gasteiger partial charge in [-0.2, -0.15) is 0 Å². The summed E-state index contributed by atoms with van der Waals surface area (Å²) in [6, 6.07) is 3.91. The van der Waals surface area contributed by atoms with E-state index in [1.165, 1.54) is 6.07 Å². The predicted octanol–water partition coefficient (Wildman–Crippen LogP) is 2.82. The lowest BCUT2D eigenvalue weighted by Gasteiger charge is -2.14. The molecule has 82 valence electrons. The van der Waals surface area contributed by atoms with Crippen LogP contribution >= 0.6 is 0 Å². The van der Waals surface area contributed by atoms with Crippen LogP contribution in [0.1, 0.15) is 30.7 Å². The van der Waals surface area contributed by atoms with Crippen LogP contribution < -0.4 is 5.32 Å². The first-order valence-corrected chi connectivity index (χ1v) is 5.43. The Bertz CT molecular complexity index is 330. The average Bonchev–Trinajstić information content (AvgIpc) is 2.46. The van der Waals surface area contributed by atoms with E-state index in [4.69, 9.17) is 0 Å². The second kappa shape index (κ2) is 4.71. The summed E-state index contributed by atoms with van der Waals surface area (Å²) in [4.78, 5) is 0. The summed E-state index contributed by atoms with van der Waals surface area (Å²) >= 11 is 0. The zero-order valence-corrected chi connectivity index (χ0v) is 8.60. The molecule has 15 heavy (non-hydrogen) atoms. The molecule has 0 bridgehead atoms. The summed E-state index contributed by atoms with van der Waals surface area (Å²) < 4.78 is 26.2. The lowest BCUT2D eigenvalue weighted by Crippen LogP contribution is -2.14. The minimum atomic E-state index is -0.497. The Balaban J connectivity index is 2.19. The third-order valence-electron chi connectivity index (χ3n) is 2.98. The fourth-order valence-electron chi connectivity index (χ4n) is 2.16. The van der Waals surface area contributed by atoms with Crippen molar-refractivity contribution < 1.29 is 8.78 Å².